The molecule has 5 heteroatoms. The summed E-state index contributed by atoms with van der Waals surface area (Å²) in [6.07, 6.45) is 1.89. The van der Waals surface area contributed by atoms with E-state index in [1.807, 2.05) is 12.3 Å². The Hall–Kier alpha value is -6.35. The number of nitrogens with zero attached hydrogens (tertiary/aromatic N) is 3. The monoisotopic (exact) mass is 1090 g/mol. The summed E-state index contributed by atoms with van der Waals surface area (Å²) in [6, 6.07) is 60.2. The van der Waals surface area contributed by atoms with Crippen LogP contribution >= 0.6 is 0 Å². The molecule has 7 aromatic carbocycles. The van der Waals surface area contributed by atoms with Gasteiger partial charge in [0.25, 0.3) is 0 Å². The first-order chi connectivity index (χ1) is 32.1. The van der Waals surface area contributed by atoms with Crippen LogP contribution in [-0.2, 0) is 42.7 Å². The number of aromatic nitrogens is 3. The zero-order chi connectivity index (χ0) is 48.3. The van der Waals surface area contributed by atoms with Crippen molar-refractivity contribution in [2.24, 2.45) is 0 Å². The van der Waals surface area contributed by atoms with Gasteiger partial charge in [-0.25, -0.2) is 4.98 Å². The van der Waals surface area contributed by atoms with Crippen LogP contribution in [0.25, 0.3) is 83.9 Å². The van der Waals surface area contributed by atoms with E-state index in [1.54, 1.807) is 0 Å². The molecule has 0 aliphatic heterocycles. The van der Waals surface area contributed by atoms with Crippen LogP contribution in [0.3, 0.4) is 0 Å². The maximum absolute atomic E-state index is 12.7. The summed E-state index contributed by atoms with van der Waals surface area (Å²) in [5.41, 5.74) is 17.4. The minimum absolute atomic E-state index is 0. The molecule has 0 saturated heterocycles. The van der Waals surface area contributed by atoms with Gasteiger partial charge in [0.05, 0.1) is 22.3 Å². The van der Waals surface area contributed by atoms with Gasteiger partial charge in [-0.15, -0.1) is 23.8 Å². The van der Waals surface area contributed by atoms with Gasteiger partial charge in [-0.05, 0) is 84.9 Å². The Bertz CT molecular complexity index is 3300. The zero-order valence-electron chi connectivity index (χ0n) is 42.2. The number of phenols is 1. The van der Waals surface area contributed by atoms with Crippen LogP contribution in [0.15, 0.2) is 164 Å². The van der Waals surface area contributed by atoms with Crippen LogP contribution < -0.4 is 0 Å². The summed E-state index contributed by atoms with van der Waals surface area (Å²) in [4.78, 5) is 10.7. The van der Waals surface area contributed by atoms with Crippen LogP contribution in [0.2, 0.25) is 0 Å². The average molecular weight is 1090 g/mol. The Balaban J connectivity index is 0.00000642. The summed E-state index contributed by atoms with van der Waals surface area (Å²) in [5, 5.41) is 12.7. The second kappa shape index (κ2) is 18.5. The van der Waals surface area contributed by atoms with Crippen LogP contribution in [0.1, 0.15) is 105 Å². The van der Waals surface area contributed by atoms with E-state index in [2.05, 4.69) is 245 Å². The van der Waals surface area contributed by atoms with E-state index in [-0.39, 0.29) is 48.5 Å². The normalized spacial score (nSPS) is 12.3. The molecular formula is C64H64N3OPt-. The Morgan fingerprint density at radius 3 is 1.65 bits per heavy atom. The van der Waals surface area contributed by atoms with Crippen molar-refractivity contribution < 1.29 is 26.2 Å². The summed E-state index contributed by atoms with van der Waals surface area (Å²) in [7, 11) is 0. The molecule has 0 aliphatic carbocycles. The molecule has 0 radical (unpaired) electrons. The van der Waals surface area contributed by atoms with Crippen LogP contribution in [0.5, 0.6) is 5.75 Å². The largest absolute Gasteiger partial charge is 0.507 e. The molecule has 9 rings (SSSR count). The fourth-order valence-corrected chi connectivity index (χ4v) is 9.17. The Kier molecular flexibility index (Phi) is 13.2. The molecule has 0 spiro atoms. The summed E-state index contributed by atoms with van der Waals surface area (Å²) < 4.78 is 2.31. The van der Waals surface area contributed by atoms with Crippen LogP contribution in [0, 0.1) is 6.07 Å². The number of para-hydroxylation sites is 1. The maximum atomic E-state index is 12.7. The van der Waals surface area contributed by atoms with Crippen molar-refractivity contribution >= 4 is 11.0 Å². The van der Waals surface area contributed by atoms with E-state index in [9.17, 15) is 5.11 Å². The molecule has 0 saturated carbocycles. The Labute approximate surface area is 424 Å². The third kappa shape index (κ3) is 9.93. The third-order valence-corrected chi connectivity index (χ3v) is 13.3. The Morgan fingerprint density at radius 1 is 0.449 bits per heavy atom. The van der Waals surface area contributed by atoms with Crippen LogP contribution in [-0.4, -0.2) is 19.6 Å². The number of fused-ring (bicyclic) bond motifs is 1. The van der Waals surface area contributed by atoms with Crippen molar-refractivity contribution in [3.63, 3.8) is 0 Å². The van der Waals surface area contributed by atoms with Gasteiger partial charge < -0.3 is 5.11 Å². The number of hydrogen-bond acceptors (Lipinski definition) is 3. The predicted octanol–water partition coefficient (Wildman–Crippen LogP) is 17.1. The van der Waals surface area contributed by atoms with Gasteiger partial charge >= 0.3 is 0 Å². The fraction of sp³-hybridized carbons (Fsp3) is 0.250. The van der Waals surface area contributed by atoms with Crippen molar-refractivity contribution in [3.8, 4) is 78.6 Å². The summed E-state index contributed by atoms with van der Waals surface area (Å²) >= 11 is 0. The molecule has 2 heterocycles. The topological polar surface area (TPSA) is 50.9 Å². The third-order valence-electron chi connectivity index (χ3n) is 13.3. The number of benzene rings is 7. The smallest absolute Gasteiger partial charge is 0.148 e. The molecule has 9 aromatic rings. The Morgan fingerprint density at radius 2 is 1.04 bits per heavy atom. The molecule has 0 amide bonds. The van der Waals surface area contributed by atoms with E-state index in [4.69, 9.17) is 9.97 Å². The number of aromatic hydroxyl groups is 1. The first kappa shape index (κ1) is 49.1. The first-order valence-corrected chi connectivity index (χ1v) is 24.0. The number of pyridine rings is 1. The quantitative estimate of drug-likeness (QED) is 0.162. The molecule has 2 aromatic heterocycles. The summed E-state index contributed by atoms with van der Waals surface area (Å²) in [6.45, 7) is 26.8. The second-order valence-corrected chi connectivity index (χ2v) is 22.5. The van der Waals surface area contributed by atoms with Crippen molar-refractivity contribution in [2.45, 2.75) is 105 Å². The number of imidazole rings is 1. The van der Waals surface area contributed by atoms with Gasteiger partial charge in [0.2, 0.25) is 0 Å². The SMILES string of the molecule is CC(C)(C)c1ccc(-c2ccc(C(C)(C)C)cc2-n2c(-c3cc(C(C)(C)C)cc(C(C)(C)C)c3O)nc3c(-c4[c-]c(-c5cc(-c6ccccc6)ccn5)cc(-c5ccccc5)c4)cccc32)cc1.[Pt]. The van der Waals surface area contributed by atoms with Gasteiger partial charge in [-0.1, -0.05) is 221 Å². The molecule has 4 nitrogen and oxygen atoms in total. The van der Waals surface area contributed by atoms with E-state index in [0.29, 0.717) is 11.4 Å². The fourth-order valence-electron chi connectivity index (χ4n) is 9.17. The molecular weight excluding hydrogens is 1020 g/mol. The maximum Gasteiger partial charge on any atom is 0.148 e. The number of hydrogen-bond donors (Lipinski definition) is 1. The van der Waals surface area contributed by atoms with E-state index in [0.717, 1.165) is 83.6 Å². The van der Waals surface area contributed by atoms with E-state index >= 15 is 0 Å². The van der Waals surface area contributed by atoms with Crippen molar-refractivity contribution in [2.75, 3.05) is 0 Å². The van der Waals surface area contributed by atoms with Crippen molar-refractivity contribution in [1.82, 2.24) is 14.5 Å². The standard InChI is InChI=1S/C64H64N3O.Pt/c1-61(2,3)48-28-26-43(27-29-48)51-31-30-49(62(4,5)6)40-57(51)67-56-25-19-24-52(58(56)66-60(67)53-38-50(63(7,8)9)39-54(59(53)68)64(10,11)12)46-34-45(42-22-17-14-18-23-42)35-47(36-46)55-37-44(32-33-65-55)41-20-15-13-16-21-41;/h13-35,37-40,68H,1-12H3;/q-1;. The number of phenolic OH excluding ortho intramolecular Hbond substituents is 1. The first-order valence-electron chi connectivity index (χ1n) is 24.0. The minimum Gasteiger partial charge on any atom is -0.507 e. The van der Waals surface area contributed by atoms with Crippen molar-refractivity contribution in [1.29, 1.82) is 0 Å². The molecule has 352 valence electrons. The molecule has 0 aliphatic rings. The molecule has 0 atom stereocenters. The van der Waals surface area contributed by atoms with Crippen molar-refractivity contribution in [3.05, 3.63) is 192 Å². The molecule has 0 unspecified atom stereocenters. The van der Waals surface area contributed by atoms with Gasteiger partial charge in [0.15, 0.2) is 0 Å². The van der Waals surface area contributed by atoms with E-state index in [1.165, 1.54) is 11.1 Å². The minimum atomic E-state index is -0.344. The predicted molar refractivity (Wildman–Crippen MR) is 287 cm³/mol. The number of rotatable bonds is 7. The van der Waals surface area contributed by atoms with Gasteiger partial charge in [0, 0.05) is 44.1 Å². The van der Waals surface area contributed by atoms with Gasteiger partial charge in [-0.2, -0.15) is 0 Å². The van der Waals surface area contributed by atoms with Gasteiger partial charge in [0.1, 0.15) is 11.6 Å². The zero-order valence-corrected chi connectivity index (χ0v) is 44.5. The molecule has 0 fully saturated rings. The molecule has 1 N–H and O–H groups in total. The second-order valence-electron chi connectivity index (χ2n) is 22.5. The molecule has 69 heavy (non-hydrogen) atoms. The average Bonchev–Trinajstić information content (AvgIpc) is 3.70. The van der Waals surface area contributed by atoms with E-state index < -0.39 is 0 Å². The van der Waals surface area contributed by atoms with Crippen LogP contribution in [0.4, 0.5) is 0 Å². The van der Waals surface area contributed by atoms with Gasteiger partial charge in [-0.3, -0.25) is 9.55 Å². The summed E-state index contributed by atoms with van der Waals surface area (Å²) in [5.74, 6) is 0.924. The molecule has 0 bridgehead atoms.